The van der Waals surface area contributed by atoms with Crippen molar-refractivity contribution >= 4 is 16.0 Å². The fraction of sp³-hybridized carbons (Fsp3) is 0.462. The Morgan fingerprint density at radius 3 is 2.23 bits per heavy atom. The fourth-order valence-electron chi connectivity index (χ4n) is 2.59. The van der Waals surface area contributed by atoms with Crippen LogP contribution in [0, 0.1) is 0 Å². The fourth-order valence-corrected chi connectivity index (χ4v) is 4.23. The van der Waals surface area contributed by atoms with E-state index in [0.29, 0.717) is 18.9 Å². The van der Waals surface area contributed by atoms with Crippen molar-refractivity contribution in [3.8, 4) is 0 Å². The summed E-state index contributed by atoms with van der Waals surface area (Å²) >= 11 is 0. The largest absolute Gasteiger partial charge is 0.480 e. The number of rotatable bonds is 4. The highest BCUT2D eigenvalue weighted by Crippen LogP contribution is 2.36. The number of aliphatic carboxylic acids is 1. The standard InChI is InChI=1S/C13H14F3NO4S/c14-13(15,16)9-5-1-2-6-10(9)22(20,21)17-12(11(18)19)7-3-4-8-12/h1-2,5-6,17H,3-4,7-8H2,(H,18,19). The molecule has 0 aromatic heterocycles. The molecule has 0 heterocycles. The van der Waals surface area contributed by atoms with E-state index in [2.05, 4.69) is 0 Å². The van der Waals surface area contributed by atoms with Crippen LogP contribution in [0.3, 0.4) is 0 Å². The van der Waals surface area contributed by atoms with E-state index in [1.165, 1.54) is 0 Å². The van der Waals surface area contributed by atoms with E-state index < -0.39 is 38.2 Å². The number of benzene rings is 1. The minimum atomic E-state index is -4.85. The van der Waals surface area contributed by atoms with E-state index in [4.69, 9.17) is 0 Å². The lowest BCUT2D eigenvalue weighted by molar-refractivity contribution is -0.143. The second-order valence-electron chi connectivity index (χ2n) is 5.19. The van der Waals surface area contributed by atoms with E-state index in [1.807, 2.05) is 4.72 Å². The molecular formula is C13H14F3NO4S. The summed E-state index contributed by atoms with van der Waals surface area (Å²) in [6, 6.07) is 3.70. The smallest absolute Gasteiger partial charge is 0.417 e. The van der Waals surface area contributed by atoms with E-state index >= 15 is 0 Å². The van der Waals surface area contributed by atoms with Gasteiger partial charge in [-0.05, 0) is 25.0 Å². The number of nitrogens with one attached hydrogen (secondary N) is 1. The summed E-state index contributed by atoms with van der Waals surface area (Å²) in [4.78, 5) is 10.4. The SMILES string of the molecule is O=C(O)C1(NS(=O)(=O)c2ccccc2C(F)(F)F)CCCC1. The molecule has 1 aromatic rings. The zero-order chi connectivity index (χ0) is 16.6. The van der Waals surface area contributed by atoms with Gasteiger partial charge in [-0.2, -0.15) is 17.9 Å². The molecule has 1 saturated carbocycles. The molecule has 1 fully saturated rings. The summed E-state index contributed by atoms with van der Waals surface area (Å²) in [5.41, 5.74) is -3.06. The molecule has 2 rings (SSSR count). The molecule has 5 nitrogen and oxygen atoms in total. The van der Waals surface area contributed by atoms with Crippen LogP contribution in [0.1, 0.15) is 31.2 Å². The summed E-state index contributed by atoms with van der Waals surface area (Å²) in [7, 11) is -4.61. The Hall–Kier alpha value is -1.61. The van der Waals surface area contributed by atoms with Crippen molar-refractivity contribution in [3.05, 3.63) is 29.8 Å². The van der Waals surface area contributed by atoms with Gasteiger partial charge in [0.1, 0.15) is 5.54 Å². The van der Waals surface area contributed by atoms with Gasteiger partial charge in [0.15, 0.2) is 0 Å². The molecule has 0 amide bonds. The number of carboxylic acid groups (broad SMARTS) is 1. The Balaban J connectivity index is 2.46. The number of carbonyl (C=O) groups is 1. The predicted molar refractivity (Wildman–Crippen MR) is 70.6 cm³/mol. The minimum Gasteiger partial charge on any atom is -0.480 e. The van der Waals surface area contributed by atoms with Gasteiger partial charge in [-0.25, -0.2) is 8.42 Å². The molecule has 0 radical (unpaired) electrons. The van der Waals surface area contributed by atoms with Crippen molar-refractivity contribution in [2.75, 3.05) is 0 Å². The number of carboxylic acids is 1. The van der Waals surface area contributed by atoms with Crippen molar-refractivity contribution in [2.45, 2.75) is 42.3 Å². The molecule has 0 bridgehead atoms. The number of halogens is 3. The third-order valence-corrected chi connectivity index (χ3v) is 5.27. The zero-order valence-electron chi connectivity index (χ0n) is 11.4. The van der Waals surface area contributed by atoms with Crippen LogP contribution in [0.5, 0.6) is 0 Å². The van der Waals surface area contributed by atoms with Crippen LogP contribution in [0.2, 0.25) is 0 Å². The summed E-state index contributed by atoms with van der Waals surface area (Å²) in [6.07, 6.45) is -3.76. The summed E-state index contributed by atoms with van der Waals surface area (Å²) in [5.74, 6) is -1.38. The van der Waals surface area contributed by atoms with Gasteiger partial charge in [0.05, 0.1) is 10.5 Å². The average molecular weight is 337 g/mol. The molecule has 1 aliphatic carbocycles. The molecule has 9 heteroatoms. The Morgan fingerprint density at radius 2 is 1.73 bits per heavy atom. The van der Waals surface area contributed by atoms with Gasteiger partial charge in [0.2, 0.25) is 10.0 Å². The molecular weight excluding hydrogens is 323 g/mol. The number of sulfonamides is 1. The predicted octanol–water partition coefficient (Wildman–Crippen LogP) is 2.38. The number of hydrogen-bond acceptors (Lipinski definition) is 3. The highest BCUT2D eigenvalue weighted by Gasteiger charge is 2.46. The maximum absolute atomic E-state index is 12.9. The first-order valence-electron chi connectivity index (χ1n) is 6.52. The monoisotopic (exact) mass is 337 g/mol. The van der Waals surface area contributed by atoms with Crippen LogP contribution in [0.15, 0.2) is 29.2 Å². The van der Waals surface area contributed by atoms with Crippen molar-refractivity contribution in [3.63, 3.8) is 0 Å². The Labute approximate surface area is 125 Å². The highest BCUT2D eigenvalue weighted by atomic mass is 32.2. The Bertz CT molecular complexity index is 679. The van der Waals surface area contributed by atoms with E-state index in [1.54, 1.807) is 0 Å². The molecule has 1 aromatic carbocycles. The number of alkyl halides is 3. The first-order chi connectivity index (χ1) is 10.1. The van der Waals surface area contributed by atoms with Crippen LogP contribution in [0.4, 0.5) is 13.2 Å². The second kappa shape index (κ2) is 5.54. The molecule has 122 valence electrons. The van der Waals surface area contributed by atoms with E-state index in [-0.39, 0.29) is 12.8 Å². The maximum atomic E-state index is 12.9. The van der Waals surface area contributed by atoms with Crippen LogP contribution in [-0.4, -0.2) is 25.0 Å². The van der Waals surface area contributed by atoms with Gasteiger partial charge in [-0.15, -0.1) is 0 Å². The Morgan fingerprint density at radius 1 is 1.18 bits per heavy atom. The van der Waals surface area contributed by atoms with Crippen LogP contribution < -0.4 is 4.72 Å². The summed E-state index contributed by atoms with van der Waals surface area (Å²) < 4.78 is 65.4. The lowest BCUT2D eigenvalue weighted by atomic mass is 10.0. The molecule has 0 atom stereocenters. The van der Waals surface area contributed by atoms with Gasteiger partial charge < -0.3 is 5.11 Å². The van der Waals surface area contributed by atoms with Gasteiger partial charge >= 0.3 is 12.1 Å². The average Bonchev–Trinajstić information content (AvgIpc) is 2.87. The lowest BCUT2D eigenvalue weighted by Crippen LogP contribution is -2.52. The van der Waals surface area contributed by atoms with Gasteiger partial charge in [-0.3, -0.25) is 4.79 Å². The van der Waals surface area contributed by atoms with Crippen molar-refractivity contribution in [2.24, 2.45) is 0 Å². The van der Waals surface area contributed by atoms with Crippen molar-refractivity contribution in [1.29, 1.82) is 0 Å². The molecule has 0 spiro atoms. The molecule has 22 heavy (non-hydrogen) atoms. The molecule has 1 aliphatic rings. The third-order valence-electron chi connectivity index (χ3n) is 3.68. The molecule has 0 saturated heterocycles. The van der Waals surface area contributed by atoms with Crippen molar-refractivity contribution < 1.29 is 31.5 Å². The van der Waals surface area contributed by atoms with Gasteiger partial charge in [0, 0.05) is 0 Å². The third kappa shape index (κ3) is 3.09. The lowest BCUT2D eigenvalue weighted by Gasteiger charge is -2.25. The molecule has 0 unspecified atom stereocenters. The maximum Gasteiger partial charge on any atom is 0.417 e. The van der Waals surface area contributed by atoms with Gasteiger partial charge in [-0.1, -0.05) is 25.0 Å². The summed E-state index contributed by atoms with van der Waals surface area (Å²) in [6.45, 7) is 0. The topological polar surface area (TPSA) is 83.5 Å². The minimum absolute atomic E-state index is 0.0513. The number of hydrogen-bond donors (Lipinski definition) is 2. The Kier molecular flexibility index (Phi) is 4.22. The molecule has 2 N–H and O–H groups in total. The zero-order valence-corrected chi connectivity index (χ0v) is 12.2. The highest BCUT2D eigenvalue weighted by molar-refractivity contribution is 7.89. The quantitative estimate of drug-likeness (QED) is 0.884. The van der Waals surface area contributed by atoms with Crippen LogP contribution >= 0.6 is 0 Å². The van der Waals surface area contributed by atoms with E-state index in [0.717, 1.165) is 18.2 Å². The van der Waals surface area contributed by atoms with Crippen LogP contribution in [-0.2, 0) is 21.0 Å². The first kappa shape index (κ1) is 16.8. The van der Waals surface area contributed by atoms with Crippen LogP contribution in [0.25, 0.3) is 0 Å². The normalized spacial score (nSPS) is 18.3. The first-order valence-corrected chi connectivity index (χ1v) is 8.00. The van der Waals surface area contributed by atoms with Crippen molar-refractivity contribution in [1.82, 2.24) is 4.72 Å². The van der Waals surface area contributed by atoms with E-state index in [9.17, 15) is 31.5 Å². The summed E-state index contributed by atoms with van der Waals surface area (Å²) in [5, 5.41) is 9.25. The van der Waals surface area contributed by atoms with Gasteiger partial charge in [0.25, 0.3) is 0 Å². The molecule has 0 aliphatic heterocycles. The second-order valence-corrected chi connectivity index (χ2v) is 6.84.